The molecule has 0 aliphatic carbocycles. The van der Waals surface area contributed by atoms with Gasteiger partial charge < -0.3 is 10.2 Å². The molecule has 2 rings (SSSR count). The number of thiophene rings is 1. The van der Waals surface area contributed by atoms with Gasteiger partial charge in [-0.1, -0.05) is 6.07 Å². The number of carbonyl (C=O) groups excluding carboxylic acids is 1. The molecule has 2 aromatic rings. The standard InChI is InChI=1S/C9H9N3O3S/c10-7(13)3-4-12-9(14)15-8(11-12)6-2-1-5-16-6/h1-2,5H,3-4H2,(H2,10,13). The summed E-state index contributed by atoms with van der Waals surface area (Å²) in [5.74, 6) is -0.790. The lowest BCUT2D eigenvalue weighted by Crippen LogP contribution is -2.20. The summed E-state index contributed by atoms with van der Waals surface area (Å²) in [7, 11) is 0. The average molecular weight is 239 g/mol. The van der Waals surface area contributed by atoms with Gasteiger partial charge >= 0.3 is 5.76 Å². The van der Waals surface area contributed by atoms with Gasteiger partial charge in [-0.3, -0.25) is 4.79 Å². The number of primary amides is 1. The van der Waals surface area contributed by atoms with Gasteiger partial charge in [-0.2, -0.15) is 4.68 Å². The van der Waals surface area contributed by atoms with Crippen LogP contribution >= 0.6 is 11.3 Å². The molecule has 2 heterocycles. The zero-order valence-electron chi connectivity index (χ0n) is 8.25. The molecule has 0 atom stereocenters. The molecule has 0 spiro atoms. The molecule has 2 aromatic heterocycles. The summed E-state index contributed by atoms with van der Waals surface area (Å²) >= 11 is 1.42. The maximum Gasteiger partial charge on any atom is 0.437 e. The van der Waals surface area contributed by atoms with Gasteiger partial charge in [0.2, 0.25) is 5.91 Å². The smallest absolute Gasteiger partial charge is 0.387 e. The van der Waals surface area contributed by atoms with Crippen LogP contribution in [0, 0.1) is 0 Å². The summed E-state index contributed by atoms with van der Waals surface area (Å²) in [5, 5.41) is 5.82. The van der Waals surface area contributed by atoms with Crippen molar-refractivity contribution in [2.75, 3.05) is 0 Å². The summed E-state index contributed by atoms with van der Waals surface area (Å²) < 4.78 is 6.04. The van der Waals surface area contributed by atoms with Crippen LogP contribution in [0.1, 0.15) is 6.42 Å². The Morgan fingerprint density at radius 2 is 2.44 bits per heavy atom. The van der Waals surface area contributed by atoms with Crippen molar-refractivity contribution in [2.24, 2.45) is 5.73 Å². The topological polar surface area (TPSA) is 91.1 Å². The maximum absolute atomic E-state index is 11.3. The number of aryl methyl sites for hydroxylation is 1. The number of rotatable bonds is 4. The fourth-order valence-corrected chi connectivity index (χ4v) is 1.81. The van der Waals surface area contributed by atoms with Gasteiger partial charge in [0.15, 0.2) is 0 Å². The molecule has 0 saturated heterocycles. The van der Waals surface area contributed by atoms with Gasteiger partial charge in [0.1, 0.15) is 0 Å². The van der Waals surface area contributed by atoms with E-state index in [2.05, 4.69) is 5.10 Å². The fraction of sp³-hybridized carbons (Fsp3) is 0.222. The minimum Gasteiger partial charge on any atom is -0.387 e. The lowest BCUT2D eigenvalue weighted by atomic mass is 10.4. The van der Waals surface area contributed by atoms with E-state index < -0.39 is 11.7 Å². The highest BCUT2D eigenvalue weighted by molar-refractivity contribution is 7.13. The number of hydrogen-bond donors (Lipinski definition) is 1. The fourth-order valence-electron chi connectivity index (χ4n) is 1.16. The van der Waals surface area contributed by atoms with Gasteiger partial charge in [0, 0.05) is 6.42 Å². The zero-order valence-corrected chi connectivity index (χ0v) is 9.07. The first kappa shape index (κ1) is 10.6. The van der Waals surface area contributed by atoms with E-state index in [9.17, 15) is 9.59 Å². The molecule has 0 aliphatic heterocycles. The third-order valence-corrected chi connectivity index (χ3v) is 2.77. The van der Waals surface area contributed by atoms with Crippen molar-refractivity contribution in [3.05, 3.63) is 28.1 Å². The summed E-state index contributed by atoms with van der Waals surface area (Å²) in [6.45, 7) is 0.142. The monoisotopic (exact) mass is 239 g/mol. The van der Waals surface area contributed by atoms with Gasteiger partial charge in [0.25, 0.3) is 5.89 Å². The zero-order chi connectivity index (χ0) is 11.5. The first-order chi connectivity index (χ1) is 7.66. The minimum atomic E-state index is -0.579. The Balaban J connectivity index is 2.22. The van der Waals surface area contributed by atoms with Gasteiger partial charge in [-0.15, -0.1) is 16.4 Å². The van der Waals surface area contributed by atoms with Crippen LogP contribution in [0.15, 0.2) is 26.7 Å². The Morgan fingerprint density at radius 1 is 1.62 bits per heavy atom. The van der Waals surface area contributed by atoms with Crippen LogP contribution in [0.4, 0.5) is 0 Å². The van der Waals surface area contributed by atoms with Crippen molar-refractivity contribution in [1.82, 2.24) is 9.78 Å². The Hall–Kier alpha value is -1.89. The number of nitrogens with zero attached hydrogens (tertiary/aromatic N) is 2. The molecule has 1 amide bonds. The molecule has 0 bridgehead atoms. The van der Waals surface area contributed by atoms with Crippen molar-refractivity contribution in [3.8, 4) is 10.8 Å². The van der Waals surface area contributed by atoms with Gasteiger partial charge in [-0.25, -0.2) is 4.79 Å². The van der Waals surface area contributed by atoms with E-state index in [4.69, 9.17) is 10.2 Å². The number of amides is 1. The van der Waals surface area contributed by atoms with Crippen LogP contribution in [0.25, 0.3) is 10.8 Å². The minimum absolute atomic E-state index is 0.0658. The number of nitrogens with two attached hydrogens (primary N) is 1. The predicted octanol–water partition coefficient (Wildman–Crippen LogP) is 0.440. The molecule has 16 heavy (non-hydrogen) atoms. The molecule has 0 unspecified atom stereocenters. The molecule has 84 valence electrons. The van der Waals surface area contributed by atoms with Gasteiger partial charge in [0.05, 0.1) is 11.4 Å². The lowest BCUT2D eigenvalue weighted by Gasteiger charge is -1.93. The van der Waals surface area contributed by atoms with E-state index in [1.165, 1.54) is 11.3 Å². The van der Waals surface area contributed by atoms with E-state index in [0.29, 0.717) is 0 Å². The van der Waals surface area contributed by atoms with Crippen LogP contribution in [0.2, 0.25) is 0 Å². The Labute approximate surface area is 94.3 Å². The highest BCUT2D eigenvalue weighted by Crippen LogP contribution is 2.20. The largest absolute Gasteiger partial charge is 0.437 e. The normalized spacial score (nSPS) is 10.5. The molecule has 0 aliphatic rings. The van der Waals surface area contributed by atoms with Crippen molar-refractivity contribution < 1.29 is 9.21 Å². The third kappa shape index (κ3) is 2.19. The van der Waals surface area contributed by atoms with Crippen molar-refractivity contribution in [1.29, 1.82) is 0 Å². The molecule has 0 fully saturated rings. The molecule has 0 aromatic carbocycles. The molecular formula is C9H9N3O3S. The molecule has 0 radical (unpaired) electrons. The summed E-state index contributed by atoms with van der Waals surface area (Å²) in [4.78, 5) is 22.7. The van der Waals surface area contributed by atoms with Crippen LogP contribution in [-0.2, 0) is 11.3 Å². The number of carbonyl (C=O) groups is 1. The second kappa shape index (κ2) is 4.31. The highest BCUT2D eigenvalue weighted by Gasteiger charge is 2.11. The molecular weight excluding hydrogens is 230 g/mol. The SMILES string of the molecule is NC(=O)CCn1nc(-c2cccs2)oc1=O. The van der Waals surface area contributed by atoms with Crippen molar-refractivity contribution >= 4 is 17.2 Å². The second-order valence-electron chi connectivity index (χ2n) is 3.09. The quantitative estimate of drug-likeness (QED) is 0.838. The van der Waals surface area contributed by atoms with E-state index in [1.54, 1.807) is 6.07 Å². The van der Waals surface area contributed by atoms with Crippen LogP contribution in [0.3, 0.4) is 0 Å². The first-order valence-electron chi connectivity index (χ1n) is 4.57. The first-order valence-corrected chi connectivity index (χ1v) is 5.45. The molecule has 7 heteroatoms. The highest BCUT2D eigenvalue weighted by atomic mass is 32.1. The number of hydrogen-bond acceptors (Lipinski definition) is 5. The maximum atomic E-state index is 11.3. The molecule has 0 saturated carbocycles. The van der Waals surface area contributed by atoms with Crippen molar-refractivity contribution in [3.63, 3.8) is 0 Å². The van der Waals surface area contributed by atoms with E-state index in [-0.39, 0.29) is 18.9 Å². The summed E-state index contributed by atoms with van der Waals surface area (Å²) in [5.41, 5.74) is 4.98. The Morgan fingerprint density at radius 3 is 3.06 bits per heavy atom. The Bertz CT molecular complexity index is 541. The number of aromatic nitrogens is 2. The summed E-state index contributed by atoms with van der Waals surface area (Å²) in [6, 6.07) is 3.64. The average Bonchev–Trinajstić information content (AvgIpc) is 2.83. The third-order valence-electron chi connectivity index (χ3n) is 1.91. The summed E-state index contributed by atoms with van der Waals surface area (Å²) in [6.07, 6.45) is 0.0658. The Kier molecular flexibility index (Phi) is 2.86. The second-order valence-corrected chi connectivity index (χ2v) is 4.04. The van der Waals surface area contributed by atoms with Crippen molar-refractivity contribution in [2.45, 2.75) is 13.0 Å². The van der Waals surface area contributed by atoms with Crippen LogP contribution in [-0.4, -0.2) is 15.7 Å². The molecule has 6 nitrogen and oxygen atoms in total. The van der Waals surface area contributed by atoms with Crippen LogP contribution in [0.5, 0.6) is 0 Å². The van der Waals surface area contributed by atoms with E-state index in [1.807, 2.05) is 11.4 Å². The van der Waals surface area contributed by atoms with Gasteiger partial charge in [-0.05, 0) is 11.4 Å². The van der Waals surface area contributed by atoms with Crippen LogP contribution < -0.4 is 11.5 Å². The van der Waals surface area contributed by atoms with E-state index >= 15 is 0 Å². The van der Waals surface area contributed by atoms with E-state index in [0.717, 1.165) is 9.56 Å². The predicted molar refractivity (Wildman–Crippen MR) is 57.9 cm³/mol. The lowest BCUT2D eigenvalue weighted by molar-refractivity contribution is -0.118. The molecule has 2 N–H and O–H groups in total.